The highest BCUT2D eigenvalue weighted by Crippen LogP contribution is 2.12. The highest BCUT2D eigenvalue weighted by Gasteiger charge is 2.23. The van der Waals surface area contributed by atoms with Crippen molar-refractivity contribution in [1.29, 1.82) is 0 Å². The van der Waals surface area contributed by atoms with Crippen LogP contribution in [0.2, 0.25) is 0 Å². The van der Waals surface area contributed by atoms with Crippen LogP contribution in [0.1, 0.15) is 20.3 Å². The fraction of sp³-hybridized carbons (Fsp3) is 0.750. The van der Waals surface area contributed by atoms with Gasteiger partial charge in [0.05, 0.1) is 6.61 Å². The number of ether oxygens (including phenoxy) is 2. The Hall–Kier alpha value is -1.04. The lowest BCUT2D eigenvalue weighted by Crippen LogP contribution is -2.23. The molecule has 0 fully saturated rings. The van der Waals surface area contributed by atoms with Gasteiger partial charge in [0.15, 0.2) is 5.78 Å². The van der Waals surface area contributed by atoms with Crippen molar-refractivity contribution in [3.05, 3.63) is 0 Å². The van der Waals surface area contributed by atoms with E-state index in [9.17, 15) is 18.4 Å². The van der Waals surface area contributed by atoms with E-state index in [1.54, 1.807) is 6.92 Å². The molecule has 0 aromatic carbocycles. The second kappa shape index (κ2) is 5.64. The van der Waals surface area contributed by atoms with E-state index in [0.717, 1.165) is 0 Å². The van der Waals surface area contributed by atoms with Crippen molar-refractivity contribution >= 4 is 11.8 Å². The molecule has 0 saturated heterocycles. The number of alkyl halides is 2. The van der Waals surface area contributed by atoms with E-state index in [2.05, 4.69) is 9.47 Å². The number of carbonyl (C=O) groups excluding carboxylic acids is 2. The van der Waals surface area contributed by atoms with Crippen LogP contribution < -0.4 is 0 Å². The summed E-state index contributed by atoms with van der Waals surface area (Å²) >= 11 is 0. The zero-order valence-corrected chi connectivity index (χ0v) is 8.01. The smallest absolute Gasteiger partial charge is 0.353 e. The summed E-state index contributed by atoms with van der Waals surface area (Å²) in [5.41, 5.74) is 0. The Morgan fingerprint density at radius 3 is 2.36 bits per heavy atom. The largest absolute Gasteiger partial charge is 0.466 e. The Labute approximate surface area is 80.2 Å². The van der Waals surface area contributed by atoms with E-state index in [4.69, 9.17) is 0 Å². The third-order valence-corrected chi connectivity index (χ3v) is 1.13. The van der Waals surface area contributed by atoms with E-state index in [1.165, 1.54) is 0 Å². The number of esters is 1. The van der Waals surface area contributed by atoms with Crippen molar-refractivity contribution in [3.8, 4) is 0 Å². The van der Waals surface area contributed by atoms with Gasteiger partial charge in [-0.1, -0.05) is 0 Å². The predicted molar refractivity (Wildman–Crippen MR) is 42.8 cm³/mol. The highest BCUT2D eigenvalue weighted by molar-refractivity contribution is 5.96. The van der Waals surface area contributed by atoms with E-state index in [-0.39, 0.29) is 6.61 Å². The summed E-state index contributed by atoms with van der Waals surface area (Å²) < 4.78 is 32.5. The fourth-order valence-corrected chi connectivity index (χ4v) is 0.631. The molecule has 0 aromatic rings. The van der Waals surface area contributed by atoms with Gasteiger partial charge in [-0.3, -0.25) is 9.59 Å². The van der Waals surface area contributed by atoms with Gasteiger partial charge in [-0.2, -0.15) is 8.78 Å². The first-order valence-corrected chi connectivity index (χ1v) is 4.04. The Morgan fingerprint density at radius 2 is 1.93 bits per heavy atom. The predicted octanol–water partition coefficient (Wildman–Crippen LogP) is 1.14. The molecule has 0 N–H and O–H groups in total. The minimum atomic E-state index is -3.36. The SMILES string of the molecule is CCOC(=O)CC(=O)COC(C)(F)F. The fourth-order valence-electron chi connectivity index (χ4n) is 0.631. The molecule has 0 unspecified atom stereocenters. The summed E-state index contributed by atoms with van der Waals surface area (Å²) in [6.07, 6.45) is -3.89. The minimum absolute atomic E-state index is 0.150. The maximum absolute atomic E-state index is 12.1. The lowest BCUT2D eigenvalue weighted by Gasteiger charge is -2.09. The van der Waals surface area contributed by atoms with Crippen LogP contribution in [-0.4, -0.2) is 31.1 Å². The molecule has 0 rings (SSSR count). The van der Waals surface area contributed by atoms with E-state index in [0.29, 0.717) is 6.92 Å². The molecule has 0 amide bonds. The molecule has 0 aromatic heterocycles. The van der Waals surface area contributed by atoms with Crippen LogP contribution in [0.5, 0.6) is 0 Å². The molecule has 0 aliphatic carbocycles. The summed E-state index contributed by atoms with van der Waals surface area (Å²) in [6, 6.07) is 0. The van der Waals surface area contributed by atoms with Crippen LogP contribution in [0.15, 0.2) is 0 Å². The Bertz CT molecular complexity index is 210. The molecule has 0 bridgehead atoms. The van der Waals surface area contributed by atoms with Gasteiger partial charge in [0.25, 0.3) is 0 Å². The molecule has 0 saturated carbocycles. The molecule has 14 heavy (non-hydrogen) atoms. The van der Waals surface area contributed by atoms with Crippen molar-refractivity contribution in [2.75, 3.05) is 13.2 Å². The van der Waals surface area contributed by atoms with Gasteiger partial charge < -0.3 is 9.47 Å². The second-order valence-electron chi connectivity index (χ2n) is 2.62. The molecule has 0 spiro atoms. The number of Topliss-reactive ketones (excluding diaryl/α,β-unsaturated/α-hetero) is 1. The number of halogens is 2. The Balaban J connectivity index is 3.71. The van der Waals surface area contributed by atoms with Crippen LogP contribution in [-0.2, 0) is 19.1 Å². The van der Waals surface area contributed by atoms with E-state index < -0.39 is 30.9 Å². The molecule has 4 nitrogen and oxygen atoms in total. The first-order valence-electron chi connectivity index (χ1n) is 4.04. The summed E-state index contributed by atoms with van der Waals surface area (Å²) in [4.78, 5) is 21.5. The molecule has 0 heterocycles. The molecule has 82 valence electrons. The zero-order chi connectivity index (χ0) is 11.2. The van der Waals surface area contributed by atoms with Crippen molar-refractivity contribution in [2.45, 2.75) is 26.4 Å². The second-order valence-corrected chi connectivity index (χ2v) is 2.62. The molecule has 0 aliphatic rings. The van der Waals surface area contributed by atoms with Gasteiger partial charge >= 0.3 is 12.1 Å². The van der Waals surface area contributed by atoms with Crippen LogP contribution in [0.4, 0.5) is 8.78 Å². The first kappa shape index (κ1) is 13.0. The quantitative estimate of drug-likeness (QED) is 0.487. The molecular weight excluding hydrogens is 198 g/mol. The minimum Gasteiger partial charge on any atom is -0.466 e. The standard InChI is InChI=1S/C8H12F2O4/c1-3-13-7(12)4-6(11)5-14-8(2,9)10/h3-5H2,1-2H3. The number of carbonyl (C=O) groups is 2. The van der Waals surface area contributed by atoms with Crippen molar-refractivity contribution < 1.29 is 27.8 Å². The number of rotatable bonds is 6. The molecular formula is C8H12F2O4. The molecule has 6 heteroatoms. The summed E-state index contributed by atoms with van der Waals surface area (Å²) in [7, 11) is 0. The lowest BCUT2D eigenvalue weighted by molar-refractivity contribution is -0.222. The normalized spacial score (nSPS) is 11.1. The van der Waals surface area contributed by atoms with Crippen molar-refractivity contribution in [1.82, 2.24) is 0 Å². The van der Waals surface area contributed by atoms with Crippen molar-refractivity contribution in [2.24, 2.45) is 0 Å². The van der Waals surface area contributed by atoms with Gasteiger partial charge in [0, 0.05) is 6.92 Å². The van der Waals surface area contributed by atoms with Crippen molar-refractivity contribution in [3.63, 3.8) is 0 Å². The zero-order valence-electron chi connectivity index (χ0n) is 8.01. The van der Waals surface area contributed by atoms with Gasteiger partial charge in [0.2, 0.25) is 0 Å². The van der Waals surface area contributed by atoms with Crippen LogP contribution >= 0.6 is 0 Å². The van der Waals surface area contributed by atoms with Gasteiger partial charge in [-0.15, -0.1) is 0 Å². The number of hydrogen-bond donors (Lipinski definition) is 0. The highest BCUT2D eigenvalue weighted by atomic mass is 19.3. The van der Waals surface area contributed by atoms with Crippen LogP contribution in [0, 0.1) is 0 Å². The first-order chi connectivity index (χ1) is 6.35. The van der Waals surface area contributed by atoms with Gasteiger partial charge in [-0.25, -0.2) is 0 Å². The van der Waals surface area contributed by atoms with E-state index in [1.807, 2.05) is 0 Å². The monoisotopic (exact) mass is 210 g/mol. The topological polar surface area (TPSA) is 52.6 Å². The van der Waals surface area contributed by atoms with Crippen LogP contribution in [0.3, 0.4) is 0 Å². The van der Waals surface area contributed by atoms with Gasteiger partial charge in [-0.05, 0) is 6.92 Å². The Morgan fingerprint density at radius 1 is 1.36 bits per heavy atom. The summed E-state index contributed by atoms with van der Waals surface area (Å²) in [5.74, 6) is -1.47. The number of hydrogen-bond acceptors (Lipinski definition) is 4. The molecule has 0 aliphatic heterocycles. The van der Waals surface area contributed by atoms with Gasteiger partial charge in [0.1, 0.15) is 13.0 Å². The average Bonchev–Trinajstić information content (AvgIpc) is 2.00. The number of ketones is 1. The summed E-state index contributed by atoms with van der Waals surface area (Å²) in [5, 5.41) is 0. The maximum atomic E-state index is 12.1. The average molecular weight is 210 g/mol. The summed E-state index contributed by atoms with van der Waals surface area (Å²) in [6.45, 7) is 1.46. The maximum Gasteiger partial charge on any atom is 0.353 e. The molecule has 0 radical (unpaired) electrons. The Kier molecular flexibility index (Phi) is 5.22. The van der Waals surface area contributed by atoms with Crippen LogP contribution in [0.25, 0.3) is 0 Å². The third kappa shape index (κ3) is 7.60. The van der Waals surface area contributed by atoms with E-state index >= 15 is 0 Å². The lowest BCUT2D eigenvalue weighted by atomic mass is 10.3. The third-order valence-electron chi connectivity index (χ3n) is 1.13. The molecule has 0 atom stereocenters.